The molecule has 0 atom stereocenters. The van der Waals surface area contributed by atoms with Crippen LogP contribution in [0.3, 0.4) is 0 Å². The fourth-order valence-corrected chi connectivity index (χ4v) is 4.31. The van der Waals surface area contributed by atoms with Crippen molar-refractivity contribution in [3.8, 4) is 16.9 Å². The van der Waals surface area contributed by atoms with Gasteiger partial charge in [-0.05, 0) is 29.8 Å². The Balaban J connectivity index is 1.42. The largest absolute Gasteiger partial charge is 0.494 e. The van der Waals surface area contributed by atoms with Gasteiger partial charge >= 0.3 is 6.09 Å². The number of nitrogens with one attached hydrogen (secondary N) is 1. The third-order valence-corrected chi connectivity index (χ3v) is 6.16. The molecule has 1 aliphatic heterocycles. The van der Waals surface area contributed by atoms with Crippen molar-refractivity contribution >= 4 is 40.0 Å². The summed E-state index contributed by atoms with van der Waals surface area (Å²) in [5.74, 6) is 1.10. The summed E-state index contributed by atoms with van der Waals surface area (Å²) in [6.45, 7) is 2.20. The van der Waals surface area contributed by atoms with Gasteiger partial charge in [-0.25, -0.2) is 14.8 Å². The molecule has 0 unspecified atom stereocenters. The molecule has 2 heterocycles. The maximum absolute atomic E-state index is 11.2. The van der Waals surface area contributed by atoms with Crippen LogP contribution in [0.25, 0.3) is 22.0 Å². The number of nitrogens with two attached hydrogens (primary N) is 1. The first kappa shape index (κ1) is 22.3. The average molecular weight is 471 g/mol. The number of rotatable bonds is 5. The van der Waals surface area contributed by atoms with E-state index in [4.69, 9.17) is 15.5 Å². The molecule has 0 aliphatic carbocycles. The van der Waals surface area contributed by atoms with Crippen LogP contribution in [0, 0.1) is 0 Å². The summed E-state index contributed by atoms with van der Waals surface area (Å²) in [4.78, 5) is 24.0. The highest BCUT2D eigenvalue weighted by atomic mass is 16.5. The Morgan fingerprint density at radius 3 is 2.60 bits per heavy atom. The summed E-state index contributed by atoms with van der Waals surface area (Å²) in [5.41, 5.74) is 11.2. The molecule has 4 N–H and O–H groups in total. The Morgan fingerprint density at radius 2 is 1.86 bits per heavy atom. The van der Waals surface area contributed by atoms with E-state index in [0.717, 1.165) is 33.4 Å². The third-order valence-electron chi connectivity index (χ3n) is 6.16. The second-order valence-corrected chi connectivity index (χ2v) is 8.33. The zero-order valence-corrected chi connectivity index (χ0v) is 19.3. The van der Waals surface area contributed by atoms with Gasteiger partial charge in [0.2, 0.25) is 5.95 Å². The minimum Gasteiger partial charge on any atom is -0.494 e. The van der Waals surface area contributed by atoms with Gasteiger partial charge in [-0.15, -0.1) is 0 Å². The first-order valence-corrected chi connectivity index (χ1v) is 11.3. The van der Waals surface area contributed by atoms with Gasteiger partial charge in [-0.1, -0.05) is 30.3 Å². The van der Waals surface area contributed by atoms with E-state index in [1.54, 1.807) is 13.3 Å². The molecular formula is C26H26N6O3. The van der Waals surface area contributed by atoms with E-state index in [1.807, 2.05) is 60.7 Å². The number of anilines is 4. The molecule has 1 amide bonds. The molecule has 5 rings (SSSR count). The van der Waals surface area contributed by atoms with Crippen molar-refractivity contribution in [1.29, 1.82) is 0 Å². The van der Waals surface area contributed by atoms with E-state index in [9.17, 15) is 9.90 Å². The Labute approximate surface area is 202 Å². The summed E-state index contributed by atoms with van der Waals surface area (Å²) in [5, 5.41) is 13.4. The van der Waals surface area contributed by atoms with Crippen LogP contribution in [-0.2, 0) is 0 Å². The Hall–Kier alpha value is -4.53. The molecule has 1 aromatic heterocycles. The highest BCUT2D eigenvalue weighted by molar-refractivity contribution is 5.94. The number of hydrogen-bond donors (Lipinski definition) is 3. The number of para-hydroxylation sites is 1. The molecule has 0 bridgehead atoms. The van der Waals surface area contributed by atoms with Crippen LogP contribution >= 0.6 is 0 Å². The van der Waals surface area contributed by atoms with Gasteiger partial charge in [0.05, 0.1) is 18.3 Å². The second kappa shape index (κ2) is 9.38. The zero-order chi connectivity index (χ0) is 24.4. The molecule has 3 aromatic carbocycles. The van der Waals surface area contributed by atoms with Gasteiger partial charge in [0.15, 0.2) is 0 Å². The molecule has 9 heteroatoms. The van der Waals surface area contributed by atoms with Gasteiger partial charge in [-0.2, -0.15) is 0 Å². The maximum atomic E-state index is 11.2. The fraction of sp³-hybridized carbons (Fsp3) is 0.192. The lowest BCUT2D eigenvalue weighted by Gasteiger charge is -2.34. The Kier molecular flexibility index (Phi) is 5.97. The molecule has 4 aromatic rings. The van der Waals surface area contributed by atoms with Crippen molar-refractivity contribution in [2.75, 3.05) is 49.2 Å². The number of nitrogens with zero attached hydrogens (tertiary/aromatic N) is 4. The number of ether oxygens (including phenoxy) is 1. The van der Waals surface area contributed by atoms with Crippen molar-refractivity contribution in [2.24, 2.45) is 0 Å². The number of benzene rings is 3. The van der Waals surface area contributed by atoms with E-state index in [1.165, 1.54) is 4.90 Å². The maximum Gasteiger partial charge on any atom is 0.407 e. The SMILES string of the molecule is COc1cc(N2CCN(C(=O)O)CC2)ccc1Nc1ncc2cccc(-c3cccc(N)c3)c2n1. The highest BCUT2D eigenvalue weighted by Crippen LogP contribution is 2.33. The van der Waals surface area contributed by atoms with Crippen molar-refractivity contribution < 1.29 is 14.6 Å². The smallest absolute Gasteiger partial charge is 0.407 e. The Bertz CT molecular complexity index is 1380. The van der Waals surface area contributed by atoms with Gasteiger partial charge in [0.1, 0.15) is 5.75 Å². The Morgan fingerprint density at radius 1 is 1.06 bits per heavy atom. The van der Waals surface area contributed by atoms with E-state index < -0.39 is 6.09 Å². The first-order chi connectivity index (χ1) is 17.0. The highest BCUT2D eigenvalue weighted by Gasteiger charge is 2.21. The standard InChI is InChI=1S/C26H26N6O3/c1-35-23-15-20(31-10-12-32(13-11-31)26(33)34)8-9-22(23)29-25-28-16-18-5-3-7-21(24(18)30-25)17-4-2-6-19(27)14-17/h2-9,14-16H,10-13,27H2,1H3,(H,33,34)(H,28,29,30). The number of piperazine rings is 1. The lowest BCUT2D eigenvalue weighted by Crippen LogP contribution is -2.48. The predicted molar refractivity (Wildman–Crippen MR) is 137 cm³/mol. The summed E-state index contributed by atoms with van der Waals surface area (Å²) in [6, 6.07) is 19.6. The fourth-order valence-electron chi connectivity index (χ4n) is 4.31. The first-order valence-electron chi connectivity index (χ1n) is 11.3. The number of carbonyl (C=O) groups is 1. The normalized spacial score (nSPS) is 13.6. The van der Waals surface area contributed by atoms with Gasteiger partial charge in [0.25, 0.3) is 0 Å². The molecule has 0 radical (unpaired) electrons. The quantitative estimate of drug-likeness (QED) is 0.367. The van der Waals surface area contributed by atoms with Gasteiger partial charge < -0.3 is 30.7 Å². The molecule has 9 nitrogen and oxygen atoms in total. The van der Waals surface area contributed by atoms with E-state index in [-0.39, 0.29) is 0 Å². The van der Waals surface area contributed by atoms with Crippen molar-refractivity contribution in [2.45, 2.75) is 0 Å². The summed E-state index contributed by atoms with van der Waals surface area (Å²) in [6.07, 6.45) is 0.916. The monoisotopic (exact) mass is 470 g/mol. The molecule has 1 fully saturated rings. The molecule has 35 heavy (non-hydrogen) atoms. The minimum atomic E-state index is -0.879. The molecular weight excluding hydrogens is 444 g/mol. The van der Waals surface area contributed by atoms with Crippen LogP contribution in [0.1, 0.15) is 0 Å². The van der Waals surface area contributed by atoms with E-state index >= 15 is 0 Å². The number of amides is 1. The zero-order valence-electron chi connectivity index (χ0n) is 19.3. The molecule has 1 saturated heterocycles. The number of fused-ring (bicyclic) bond motifs is 1. The lowest BCUT2D eigenvalue weighted by molar-refractivity contribution is 0.142. The van der Waals surface area contributed by atoms with E-state index in [2.05, 4.69) is 15.2 Å². The average Bonchev–Trinajstić information content (AvgIpc) is 2.88. The van der Waals surface area contributed by atoms with Crippen LogP contribution in [-0.4, -0.2) is 59.4 Å². The van der Waals surface area contributed by atoms with E-state index in [0.29, 0.717) is 43.6 Å². The summed E-state index contributed by atoms with van der Waals surface area (Å²) in [7, 11) is 1.62. The number of aromatic nitrogens is 2. The van der Waals surface area contributed by atoms with Gasteiger partial charge in [-0.3, -0.25) is 0 Å². The van der Waals surface area contributed by atoms with Crippen molar-refractivity contribution in [1.82, 2.24) is 14.9 Å². The predicted octanol–water partition coefficient (Wildman–Crippen LogP) is 4.43. The van der Waals surface area contributed by atoms with Crippen LogP contribution in [0.4, 0.5) is 27.8 Å². The van der Waals surface area contributed by atoms with Crippen molar-refractivity contribution in [3.05, 3.63) is 66.9 Å². The number of methoxy groups -OCH3 is 1. The molecule has 178 valence electrons. The van der Waals surface area contributed by atoms with Crippen LogP contribution < -0.4 is 20.7 Å². The summed E-state index contributed by atoms with van der Waals surface area (Å²) < 4.78 is 5.64. The molecule has 0 saturated carbocycles. The van der Waals surface area contributed by atoms with Gasteiger partial charge in [0, 0.05) is 60.8 Å². The number of hydrogen-bond acceptors (Lipinski definition) is 7. The number of carboxylic acid groups (broad SMARTS) is 1. The van der Waals surface area contributed by atoms with Crippen LogP contribution in [0.2, 0.25) is 0 Å². The van der Waals surface area contributed by atoms with Crippen LogP contribution in [0.5, 0.6) is 5.75 Å². The van der Waals surface area contributed by atoms with Crippen LogP contribution in [0.15, 0.2) is 66.9 Å². The summed E-state index contributed by atoms with van der Waals surface area (Å²) >= 11 is 0. The van der Waals surface area contributed by atoms with Crippen molar-refractivity contribution in [3.63, 3.8) is 0 Å². The lowest BCUT2D eigenvalue weighted by atomic mass is 10.0. The minimum absolute atomic E-state index is 0.454. The molecule has 0 spiro atoms. The molecule has 1 aliphatic rings. The second-order valence-electron chi connectivity index (χ2n) is 8.33. The third kappa shape index (κ3) is 4.61. The number of nitrogen functional groups attached to an aromatic ring is 1. The topological polar surface area (TPSA) is 117 Å².